The normalized spacial score (nSPS) is 22.0. The summed E-state index contributed by atoms with van der Waals surface area (Å²) in [6.07, 6.45) is 2.57. The third kappa shape index (κ3) is 2.74. The molecule has 1 aromatic carbocycles. The molecule has 6 heteroatoms. The second-order valence-electron chi connectivity index (χ2n) is 6.52. The number of amides is 1. The topological polar surface area (TPSA) is 68.4 Å². The van der Waals surface area contributed by atoms with E-state index in [1.54, 1.807) is 0 Å². The van der Waals surface area contributed by atoms with Crippen molar-refractivity contribution in [3.8, 4) is 0 Å². The van der Waals surface area contributed by atoms with Crippen molar-refractivity contribution in [3.05, 3.63) is 28.4 Å². The molecule has 1 aliphatic heterocycles. The fraction of sp³-hybridized carbons (Fsp3) is 0.471. The van der Waals surface area contributed by atoms with Crippen LogP contribution in [0.4, 0.5) is 5.69 Å². The lowest BCUT2D eigenvalue weighted by Crippen LogP contribution is -2.52. The highest BCUT2D eigenvalue weighted by Gasteiger charge is 2.32. The number of nitrogens with one attached hydrogen (secondary N) is 2. The number of carbonyl (C=O) groups is 1. The Hall–Kier alpha value is -1.53. The van der Waals surface area contributed by atoms with Crippen molar-refractivity contribution in [2.24, 2.45) is 5.92 Å². The quantitative estimate of drug-likeness (QED) is 0.750. The van der Waals surface area contributed by atoms with Crippen LogP contribution in [0.25, 0.3) is 10.9 Å². The van der Waals surface area contributed by atoms with Crippen LogP contribution >= 0.6 is 15.9 Å². The summed E-state index contributed by atoms with van der Waals surface area (Å²) in [6, 6.07) is 3.49. The number of aliphatic hydroxyl groups is 1. The Kier molecular flexibility index (Phi) is 4.38. The van der Waals surface area contributed by atoms with Gasteiger partial charge in [-0.2, -0.15) is 0 Å². The van der Waals surface area contributed by atoms with E-state index < -0.39 is 0 Å². The number of benzene rings is 1. The molecule has 1 aromatic heterocycles. The average Bonchev–Trinajstić information content (AvgIpc) is 2.91. The van der Waals surface area contributed by atoms with E-state index in [0.29, 0.717) is 6.42 Å². The molecule has 0 unspecified atom stereocenters. The average molecular weight is 380 g/mol. The van der Waals surface area contributed by atoms with Crippen molar-refractivity contribution >= 4 is 38.4 Å². The van der Waals surface area contributed by atoms with E-state index in [1.165, 1.54) is 0 Å². The summed E-state index contributed by atoms with van der Waals surface area (Å²) in [6.45, 7) is 4.01. The maximum absolute atomic E-state index is 12.7. The molecule has 2 aromatic rings. The molecule has 23 heavy (non-hydrogen) atoms. The van der Waals surface area contributed by atoms with Gasteiger partial charge in [0.1, 0.15) is 6.04 Å². The molecule has 0 bridgehead atoms. The van der Waals surface area contributed by atoms with Crippen molar-refractivity contribution in [2.45, 2.75) is 32.4 Å². The van der Waals surface area contributed by atoms with Crippen LogP contribution in [-0.2, 0) is 11.2 Å². The number of likely N-dealkylation sites (N-methyl/N-ethyl adjacent to an activating group) is 1. The SMILES string of the molecule is CC(C)[C@H]1C(=O)N[C@H](CO)Cc2c[nH]c3c(Br)ccc(c23)N1C. The Labute approximate surface area is 144 Å². The molecular weight excluding hydrogens is 358 g/mol. The van der Waals surface area contributed by atoms with Gasteiger partial charge in [-0.25, -0.2) is 0 Å². The number of hydrogen-bond donors (Lipinski definition) is 3. The first-order valence-electron chi connectivity index (χ1n) is 7.86. The number of carbonyl (C=O) groups excluding carboxylic acids is 1. The zero-order chi connectivity index (χ0) is 16.7. The van der Waals surface area contributed by atoms with E-state index in [-0.39, 0.29) is 30.5 Å². The summed E-state index contributed by atoms with van der Waals surface area (Å²) in [5.74, 6) is 0.116. The number of rotatable bonds is 2. The number of aromatic amines is 1. The highest BCUT2D eigenvalue weighted by molar-refractivity contribution is 9.10. The second kappa shape index (κ2) is 6.17. The fourth-order valence-electron chi connectivity index (χ4n) is 3.51. The van der Waals surface area contributed by atoms with Crippen LogP contribution in [0.15, 0.2) is 22.8 Å². The fourth-order valence-corrected chi connectivity index (χ4v) is 3.95. The van der Waals surface area contributed by atoms with Gasteiger partial charge in [0.15, 0.2) is 0 Å². The summed E-state index contributed by atoms with van der Waals surface area (Å²) < 4.78 is 0.996. The van der Waals surface area contributed by atoms with Crippen LogP contribution in [0.2, 0.25) is 0 Å². The van der Waals surface area contributed by atoms with Crippen LogP contribution in [0, 0.1) is 5.92 Å². The largest absolute Gasteiger partial charge is 0.394 e. The summed E-state index contributed by atoms with van der Waals surface area (Å²) in [5, 5.41) is 13.8. The Morgan fingerprint density at radius 3 is 2.83 bits per heavy atom. The molecule has 0 spiro atoms. The minimum Gasteiger partial charge on any atom is -0.394 e. The van der Waals surface area contributed by atoms with Gasteiger partial charge in [-0.3, -0.25) is 4.79 Å². The van der Waals surface area contributed by atoms with Gasteiger partial charge in [-0.15, -0.1) is 0 Å². The summed E-state index contributed by atoms with van der Waals surface area (Å²) >= 11 is 3.59. The molecule has 0 radical (unpaired) electrons. The van der Waals surface area contributed by atoms with Gasteiger partial charge < -0.3 is 20.3 Å². The number of nitrogens with zero attached hydrogens (tertiary/aromatic N) is 1. The first-order chi connectivity index (χ1) is 10.9. The zero-order valence-corrected chi connectivity index (χ0v) is 15.1. The van der Waals surface area contributed by atoms with Gasteiger partial charge in [0, 0.05) is 28.8 Å². The molecular formula is C17H22BrN3O2. The maximum Gasteiger partial charge on any atom is 0.243 e. The molecule has 0 fully saturated rings. The van der Waals surface area contributed by atoms with Gasteiger partial charge in [0.2, 0.25) is 5.91 Å². The summed E-state index contributed by atoms with van der Waals surface area (Å²) in [5.41, 5.74) is 3.16. The minimum atomic E-state index is -0.283. The first kappa shape index (κ1) is 16.3. The lowest BCUT2D eigenvalue weighted by molar-refractivity contribution is -0.124. The number of H-pyrrole nitrogens is 1. The number of aromatic nitrogens is 1. The molecule has 2 heterocycles. The predicted molar refractivity (Wildman–Crippen MR) is 95.7 cm³/mol. The van der Waals surface area contributed by atoms with Crippen LogP contribution in [0.3, 0.4) is 0 Å². The molecule has 0 aliphatic carbocycles. The molecule has 3 N–H and O–H groups in total. The standard InChI is InChI=1S/C17H22BrN3O2/c1-9(2)16-17(23)20-11(8-22)6-10-7-19-15-12(18)4-5-13(14(10)15)21(16)3/h4-5,7,9,11,16,19,22H,6,8H2,1-3H3,(H,20,23)/t11-,16-/m0/s1. The van der Waals surface area contributed by atoms with Crippen molar-refractivity contribution in [1.29, 1.82) is 0 Å². The van der Waals surface area contributed by atoms with Gasteiger partial charge in [-0.1, -0.05) is 13.8 Å². The highest BCUT2D eigenvalue weighted by atomic mass is 79.9. The Balaban J connectivity index is 2.24. The number of anilines is 1. The molecule has 124 valence electrons. The number of halogens is 1. The van der Waals surface area contributed by atoms with Gasteiger partial charge in [0.25, 0.3) is 0 Å². The van der Waals surface area contributed by atoms with Gasteiger partial charge in [0.05, 0.1) is 18.2 Å². The Morgan fingerprint density at radius 2 is 2.17 bits per heavy atom. The zero-order valence-electron chi connectivity index (χ0n) is 13.6. The molecule has 3 rings (SSSR count). The monoisotopic (exact) mass is 379 g/mol. The Morgan fingerprint density at radius 1 is 1.43 bits per heavy atom. The van der Waals surface area contributed by atoms with Crippen molar-refractivity contribution in [2.75, 3.05) is 18.6 Å². The molecule has 1 aliphatic rings. The van der Waals surface area contributed by atoms with Crippen molar-refractivity contribution in [3.63, 3.8) is 0 Å². The summed E-state index contributed by atoms with van der Waals surface area (Å²) in [4.78, 5) is 18.1. The highest BCUT2D eigenvalue weighted by Crippen LogP contribution is 2.36. The van der Waals surface area contributed by atoms with E-state index in [2.05, 4.69) is 26.2 Å². The van der Waals surface area contributed by atoms with Crippen LogP contribution in [0.1, 0.15) is 19.4 Å². The van der Waals surface area contributed by atoms with E-state index in [0.717, 1.165) is 26.6 Å². The molecule has 0 saturated carbocycles. The molecule has 5 nitrogen and oxygen atoms in total. The lowest BCUT2D eigenvalue weighted by atomic mass is 10.0. The molecule has 0 saturated heterocycles. The Bertz CT molecular complexity index is 741. The number of aliphatic hydroxyl groups excluding tert-OH is 1. The second-order valence-corrected chi connectivity index (χ2v) is 7.38. The molecule has 1 amide bonds. The van der Waals surface area contributed by atoms with Crippen molar-refractivity contribution in [1.82, 2.24) is 10.3 Å². The van der Waals surface area contributed by atoms with Crippen LogP contribution in [-0.4, -0.2) is 41.7 Å². The molecule has 2 atom stereocenters. The van der Waals surface area contributed by atoms with Gasteiger partial charge >= 0.3 is 0 Å². The third-order valence-electron chi connectivity index (χ3n) is 4.57. The first-order valence-corrected chi connectivity index (χ1v) is 8.65. The maximum atomic E-state index is 12.7. The smallest absolute Gasteiger partial charge is 0.243 e. The van der Waals surface area contributed by atoms with Crippen LogP contribution in [0.5, 0.6) is 0 Å². The minimum absolute atomic E-state index is 0.0354. The van der Waals surface area contributed by atoms with E-state index in [9.17, 15) is 9.90 Å². The van der Waals surface area contributed by atoms with E-state index >= 15 is 0 Å². The van der Waals surface area contributed by atoms with E-state index in [1.807, 2.05) is 44.1 Å². The number of hydrogen-bond acceptors (Lipinski definition) is 3. The lowest BCUT2D eigenvalue weighted by Gasteiger charge is -2.32. The third-order valence-corrected chi connectivity index (χ3v) is 5.24. The summed E-state index contributed by atoms with van der Waals surface area (Å²) in [7, 11) is 1.96. The van der Waals surface area contributed by atoms with Crippen LogP contribution < -0.4 is 10.2 Å². The van der Waals surface area contributed by atoms with E-state index in [4.69, 9.17) is 0 Å². The van der Waals surface area contributed by atoms with Gasteiger partial charge in [-0.05, 0) is 46.0 Å². The predicted octanol–water partition coefficient (Wildman–Crippen LogP) is 2.42. The van der Waals surface area contributed by atoms with Crippen molar-refractivity contribution < 1.29 is 9.90 Å².